The topological polar surface area (TPSA) is 58.9 Å². The van der Waals surface area contributed by atoms with E-state index in [4.69, 9.17) is 9.47 Å². The third-order valence-electron chi connectivity index (χ3n) is 12.5. The molecule has 360 valence electrons. The molecule has 0 spiro atoms. The van der Waals surface area contributed by atoms with Crippen LogP contribution in [0.3, 0.4) is 0 Å². The zero-order valence-corrected chi connectivity index (χ0v) is 46.8. The van der Waals surface area contributed by atoms with Crippen LogP contribution in [0.2, 0.25) is 0 Å². The minimum absolute atomic E-state index is 0.133. The highest BCUT2D eigenvalue weighted by Gasteiger charge is 2.39. The molecule has 5 heteroatoms. The van der Waals surface area contributed by atoms with Crippen molar-refractivity contribution in [2.75, 3.05) is 13.2 Å². The van der Waals surface area contributed by atoms with E-state index in [0.717, 1.165) is 67.1 Å². The Morgan fingerprint density at radius 3 is 0.862 bits per heavy atom. The van der Waals surface area contributed by atoms with Crippen molar-refractivity contribution in [1.82, 2.24) is 0 Å². The predicted octanol–water partition coefficient (Wildman–Crippen LogP) is 17.8. The Morgan fingerprint density at radius 2 is 0.646 bits per heavy atom. The SMILES string of the molecule is CCOc1c(-c2c(C(C)(C)C)cc(Sc3cc(C(C)(C)C)c(-c4cc(C(C)(C)C)cc(C(C)(C)C)c4OCC)c(C(C)(C)C)c3O)c(O)c2C(C)(C)C)cc(C(C)(C)C)cc1C(C)(C)C. The molecular formula is C60H90O4S. The maximum absolute atomic E-state index is 13.0. The van der Waals surface area contributed by atoms with Gasteiger partial charge in [-0.1, -0.05) is 190 Å². The van der Waals surface area contributed by atoms with Crippen LogP contribution in [0.4, 0.5) is 0 Å². The normalized spacial score (nSPS) is 13.7. The van der Waals surface area contributed by atoms with Gasteiger partial charge in [0.15, 0.2) is 0 Å². The van der Waals surface area contributed by atoms with Gasteiger partial charge in [-0.05, 0) is 115 Å². The van der Waals surface area contributed by atoms with Crippen molar-refractivity contribution in [3.8, 4) is 45.3 Å². The van der Waals surface area contributed by atoms with E-state index < -0.39 is 10.8 Å². The van der Waals surface area contributed by atoms with Crippen molar-refractivity contribution >= 4 is 11.8 Å². The van der Waals surface area contributed by atoms with E-state index in [2.05, 4.69) is 216 Å². The van der Waals surface area contributed by atoms with Gasteiger partial charge in [0.2, 0.25) is 0 Å². The summed E-state index contributed by atoms with van der Waals surface area (Å²) in [7, 11) is 0. The van der Waals surface area contributed by atoms with Gasteiger partial charge in [0.25, 0.3) is 0 Å². The molecule has 4 aromatic rings. The van der Waals surface area contributed by atoms with Crippen molar-refractivity contribution in [3.05, 3.63) is 80.9 Å². The van der Waals surface area contributed by atoms with E-state index in [1.165, 1.54) is 22.9 Å². The highest BCUT2D eigenvalue weighted by molar-refractivity contribution is 7.99. The molecule has 0 aromatic heterocycles. The molecule has 0 bridgehead atoms. The number of phenols is 2. The van der Waals surface area contributed by atoms with Crippen molar-refractivity contribution in [1.29, 1.82) is 0 Å². The Bertz CT molecular complexity index is 2220. The predicted molar refractivity (Wildman–Crippen MR) is 283 cm³/mol. The van der Waals surface area contributed by atoms with Crippen molar-refractivity contribution in [3.63, 3.8) is 0 Å². The highest BCUT2D eigenvalue weighted by atomic mass is 32.2. The van der Waals surface area contributed by atoms with Gasteiger partial charge in [-0.3, -0.25) is 0 Å². The van der Waals surface area contributed by atoms with Crippen molar-refractivity contribution in [2.24, 2.45) is 0 Å². The average molecular weight is 907 g/mol. The van der Waals surface area contributed by atoms with Gasteiger partial charge in [0.05, 0.1) is 23.0 Å². The lowest BCUT2D eigenvalue weighted by atomic mass is 9.71. The summed E-state index contributed by atoms with van der Waals surface area (Å²) in [4.78, 5) is 1.43. The Hall–Kier alpha value is -3.57. The van der Waals surface area contributed by atoms with Crippen molar-refractivity contribution < 1.29 is 19.7 Å². The third-order valence-corrected chi connectivity index (χ3v) is 13.6. The fourth-order valence-electron chi connectivity index (χ4n) is 8.98. The standard InChI is InChI=1S/C60H90O4S/c1-27-63-51-37(29-35(53(3,4)5)31-41(51)57(15,16)17)45-39(55(9,10)11)33-43(49(61)47(45)59(21,22)23)65-44-34-40(56(12,13)14)46(48(50(44)62)60(24,25)26)38-30-36(54(6,7)8)32-42(58(18,19)20)52(38)64-28-2/h29-34,61-62H,27-28H2,1-26H3. The van der Waals surface area contributed by atoms with Crippen LogP contribution in [0.15, 0.2) is 46.2 Å². The maximum atomic E-state index is 13.0. The molecule has 0 aliphatic rings. The molecule has 0 fully saturated rings. The van der Waals surface area contributed by atoms with Gasteiger partial charge in [-0.15, -0.1) is 0 Å². The Balaban J connectivity index is 2.30. The number of rotatable bonds is 8. The van der Waals surface area contributed by atoms with Crippen LogP contribution >= 0.6 is 11.8 Å². The van der Waals surface area contributed by atoms with Gasteiger partial charge < -0.3 is 19.7 Å². The summed E-state index contributed by atoms with van der Waals surface area (Å²) in [6.07, 6.45) is 0. The van der Waals surface area contributed by atoms with Gasteiger partial charge in [0, 0.05) is 33.4 Å². The molecule has 0 unspecified atom stereocenters. The Labute approximate surface area is 402 Å². The maximum Gasteiger partial charge on any atom is 0.133 e. The highest BCUT2D eigenvalue weighted by Crippen LogP contribution is 2.58. The minimum Gasteiger partial charge on any atom is -0.506 e. The molecule has 0 saturated carbocycles. The van der Waals surface area contributed by atoms with Crippen LogP contribution < -0.4 is 9.47 Å². The second-order valence-corrected chi connectivity index (χ2v) is 27.9. The zero-order chi connectivity index (χ0) is 50.2. The quantitative estimate of drug-likeness (QED) is 0.184. The van der Waals surface area contributed by atoms with Crippen LogP contribution in [-0.4, -0.2) is 23.4 Å². The zero-order valence-electron chi connectivity index (χ0n) is 46.0. The summed E-state index contributed by atoms with van der Waals surface area (Å²) < 4.78 is 13.4. The van der Waals surface area contributed by atoms with E-state index in [1.54, 1.807) is 0 Å². The first-order valence-corrected chi connectivity index (χ1v) is 25.0. The lowest BCUT2D eigenvalue weighted by Crippen LogP contribution is -2.22. The minimum atomic E-state index is -0.476. The molecule has 2 N–H and O–H groups in total. The van der Waals surface area contributed by atoms with Crippen LogP contribution in [0.25, 0.3) is 22.3 Å². The van der Waals surface area contributed by atoms with Crippen LogP contribution in [0, 0.1) is 0 Å². The molecule has 0 radical (unpaired) electrons. The van der Waals surface area contributed by atoms with E-state index in [9.17, 15) is 10.2 Å². The van der Waals surface area contributed by atoms with Crippen LogP contribution in [-0.2, 0) is 43.3 Å². The van der Waals surface area contributed by atoms with E-state index in [0.29, 0.717) is 23.0 Å². The van der Waals surface area contributed by atoms with E-state index in [-0.39, 0.29) is 44.0 Å². The molecule has 0 heterocycles. The number of aromatic hydroxyl groups is 2. The number of hydrogen-bond donors (Lipinski definition) is 2. The summed E-state index contributed by atoms with van der Waals surface area (Å²) >= 11 is 1.47. The molecular weight excluding hydrogens is 817 g/mol. The number of benzene rings is 4. The van der Waals surface area contributed by atoms with Gasteiger partial charge in [-0.25, -0.2) is 0 Å². The van der Waals surface area contributed by atoms with Gasteiger partial charge >= 0.3 is 0 Å². The molecule has 65 heavy (non-hydrogen) atoms. The fraction of sp³-hybridized carbons (Fsp3) is 0.600. The molecule has 4 nitrogen and oxygen atoms in total. The molecule has 0 amide bonds. The number of ether oxygens (including phenoxy) is 2. The fourth-order valence-corrected chi connectivity index (χ4v) is 9.97. The first-order chi connectivity index (χ1) is 29.1. The third kappa shape index (κ3) is 11.4. The summed E-state index contributed by atoms with van der Waals surface area (Å²) in [5.41, 5.74) is 10.5. The second-order valence-electron chi connectivity index (χ2n) is 26.8. The number of hydrogen-bond acceptors (Lipinski definition) is 5. The summed E-state index contributed by atoms with van der Waals surface area (Å²) in [5.74, 6) is 2.21. The molecule has 0 aliphatic carbocycles. The summed E-state index contributed by atoms with van der Waals surface area (Å²) in [6, 6.07) is 13.7. The monoisotopic (exact) mass is 907 g/mol. The molecule has 0 aliphatic heterocycles. The van der Waals surface area contributed by atoms with Crippen molar-refractivity contribution in [2.45, 2.75) is 233 Å². The smallest absolute Gasteiger partial charge is 0.133 e. The molecule has 0 atom stereocenters. The van der Waals surface area contributed by atoms with Crippen LogP contribution in [0.5, 0.6) is 23.0 Å². The van der Waals surface area contributed by atoms with Gasteiger partial charge in [0.1, 0.15) is 23.0 Å². The lowest BCUT2D eigenvalue weighted by molar-refractivity contribution is 0.330. The first-order valence-electron chi connectivity index (χ1n) is 24.2. The van der Waals surface area contributed by atoms with E-state index >= 15 is 0 Å². The molecule has 4 rings (SSSR count). The Kier molecular flexibility index (Phi) is 14.8. The van der Waals surface area contributed by atoms with Crippen LogP contribution in [0.1, 0.15) is 225 Å². The van der Waals surface area contributed by atoms with Gasteiger partial charge in [-0.2, -0.15) is 0 Å². The average Bonchev–Trinajstić information content (AvgIpc) is 3.09. The molecule has 4 aromatic carbocycles. The first kappa shape index (κ1) is 54.0. The largest absolute Gasteiger partial charge is 0.506 e. The second kappa shape index (κ2) is 17.8. The van der Waals surface area contributed by atoms with E-state index in [1.807, 2.05) is 0 Å². The summed E-state index contributed by atoms with van der Waals surface area (Å²) in [5, 5.41) is 26.1. The Morgan fingerprint density at radius 1 is 0.369 bits per heavy atom. The summed E-state index contributed by atoms with van der Waals surface area (Å²) in [6.45, 7) is 59.0. The number of phenolic OH excluding ortho intramolecular Hbond substituents is 2. The molecule has 0 saturated heterocycles. The lowest BCUT2D eigenvalue weighted by Gasteiger charge is -2.36.